The number of ether oxygens (including phenoxy) is 2. The van der Waals surface area contributed by atoms with Gasteiger partial charge in [0.2, 0.25) is 0 Å². The highest BCUT2D eigenvalue weighted by Gasteiger charge is 2.22. The Morgan fingerprint density at radius 3 is 2.51 bits per heavy atom. The number of methoxy groups -OCH3 is 1. The SMILES string of the molecule is COc1cc(OCCN(C)C)cc([C@H](Nc2ccc(C(=N)N)cc2)c2nn(-c3ncccn3)c(=O)[nH]2)c1. The summed E-state index contributed by atoms with van der Waals surface area (Å²) in [5.74, 6) is 1.66. The minimum Gasteiger partial charge on any atom is -0.497 e. The third kappa shape index (κ3) is 6.30. The van der Waals surface area contributed by atoms with Gasteiger partial charge >= 0.3 is 5.69 Å². The van der Waals surface area contributed by atoms with Gasteiger partial charge in [-0.05, 0) is 62.1 Å². The van der Waals surface area contributed by atoms with Gasteiger partial charge in [0, 0.05) is 36.3 Å². The van der Waals surface area contributed by atoms with E-state index in [0.29, 0.717) is 29.5 Å². The summed E-state index contributed by atoms with van der Waals surface area (Å²) in [5.41, 5.74) is 7.17. The minimum atomic E-state index is -0.605. The van der Waals surface area contributed by atoms with E-state index >= 15 is 0 Å². The van der Waals surface area contributed by atoms with Crippen molar-refractivity contribution in [2.45, 2.75) is 6.04 Å². The summed E-state index contributed by atoms with van der Waals surface area (Å²) in [6.45, 7) is 1.23. The predicted octanol–water partition coefficient (Wildman–Crippen LogP) is 1.79. The average Bonchev–Trinajstić information content (AvgIpc) is 3.28. The molecule has 12 nitrogen and oxygen atoms in total. The van der Waals surface area contributed by atoms with Gasteiger partial charge in [0.15, 0.2) is 5.82 Å². The van der Waals surface area contributed by atoms with Gasteiger partial charge in [-0.2, -0.15) is 0 Å². The van der Waals surface area contributed by atoms with Crippen molar-refractivity contribution in [1.82, 2.24) is 29.6 Å². The zero-order valence-electron chi connectivity index (χ0n) is 20.8. The molecule has 0 amide bonds. The fraction of sp³-hybridized carbons (Fsp3) is 0.240. The zero-order valence-corrected chi connectivity index (χ0v) is 20.8. The second kappa shape index (κ2) is 11.4. The van der Waals surface area contributed by atoms with Gasteiger partial charge in [-0.25, -0.2) is 14.8 Å². The molecule has 0 radical (unpaired) electrons. The third-order valence-corrected chi connectivity index (χ3v) is 5.44. The van der Waals surface area contributed by atoms with Crippen LogP contribution in [-0.2, 0) is 0 Å². The molecule has 0 spiro atoms. The van der Waals surface area contributed by atoms with Crippen LogP contribution >= 0.6 is 0 Å². The van der Waals surface area contributed by atoms with Crippen molar-refractivity contribution in [3.8, 4) is 17.4 Å². The molecule has 0 saturated heterocycles. The summed E-state index contributed by atoms with van der Waals surface area (Å²) in [6.07, 6.45) is 3.07. The molecule has 0 bridgehead atoms. The number of nitrogens with two attached hydrogens (primary N) is 1. The van der Waals surface area contributed by atoms with Crippen molar-refractivity contribution in [2.75, 3.05) is 39.7 Å². The van der Waals surface area contributed by atoms with Gasteiger partial charge in [-0.3, -0.25) is 10.4 Å². The van der Waals surface area contributed by atoms with Crippen LogP contribution in [0.2, 0.25) is 0 Å². The summed E-state index contributed by atoms with van der Waals surface area (Å²) < 4.78 is 12.6. The van der Waals surface area contributed by atoms with E-state index in [1.165, 1.54) is 12.4 Å². The average molecular weight is 504 g/mol. The van der Waals surface area contributed by atoms with Crippen molar-refractivity contribution in [3.05, 3.63) is 88.4 Å². The molecule has 0 aliphatic carbocycles. The molecule has 0 aliphatic rings. The number of hydrogen-bond donors (Lipinski definition) is 4. The molecule has 0 saturated carbocycles. The molecule has 0 unspecified atom stereocenters. The van der Waals surface area contributed by atoms with Crippen LogP contribution in [0.15, 0.2) is 65.7 Å². The molecular formula is C25H29N9O3. The lowest BCUT2D eigenvalue weighted by Crippen LogP contribution is -2.19. The van der Waals surface area contributed by atoms with E-state index in [9.17, 15) is 4.79 Å². The number of anilines is 1. The van der Waals surface area contributed by atoms with Crippen LogP contribution in [-0.4, -0.2) is 69.8 Å². The van der Waals surface area contributed by atoms with Crippen molar-refractivity contribution >= 4 is 11.5 Å². The molecule has 192 valence electrons. The fourth-order valence-electron chi connectivity index (χ4n) is 3.54. The molecule has 12 heteroatoms. The molecular weight excluding hydrogens is 474 g/mol. The maximum absolute atomic E-state index is 12.8. The quantitative estimate of drug-likeness (QED) is 0.177. The second-order valence-electron chi connectivity index (χ2n) is 8.44. The minimum absolute atomic E-state index is 0.0265. The van der Waals surface area contributed by atoms with Crippen LogP contribution in [0.3, 0.4) is 0 Å². The van der Waals surface area contributed by atoms with E-state index in [-0.39, 0.29) is 11.8 Å². The number of hydrogen-bond acceptors (Lipinski definition) is 9. The number of aromatic nitrogens is 5. The summed E-state index contributed by atoms with van der Waals surface area (Å²) in [5, 5.41) is 15.5. The molecule has 1 atom stereocenters. The van der Waals surface area contributed by atoms with Crippen LogP contribution in [0.4, 0.5) is 5.69 Å². The maximum Gasteiger partial charge on any atom is 0.350 e. The number of aromatic amines is 1. The highest BCUT2D eigenvalue weighted by atomic mass is 16.5. The van der Waals surface area contributed by atoms with Crippen molar-refractivity contribution in [2.24, 2.45) is 5.73 Å². The Hall–Kier alpha value is -4.71. The zero-order chi connectivity index (χ0) is 26.4. The van der Waals surface area contributed by atoms with Crippen LogP contribution in [0, 0.1) is 5.41 Å². The van der Waals surface area contributed by atoms with Gasteiger partial charge in [0.1, 0.15) is 30.0 Å². The lowest BCUT2D eigenvalue weighted by Gasteiger charge is -2.20. The molecule has 2 heterocycles. The van der Waals surface area contributed by atoms with Crippen LogP contribution in [0.1, 0.15) is 23.0 Å². The molecule has 2 aromatic carbocycles. The van der Waals surface area contributed by atoms with Gasteiger partial charge < -0.3 is 25.4 Å². The lowest BCUT2D eigenvalue weighted by atomic mass is 10.0. The Morgan fingerprint density at radius 1 is 1.16 bits per heavy atom. The number of rotatable bonds is 11. The topological polar surface area (TPSA) is 160 Å². The van der Waals surface area contributed by atoms with Crippen molar-refractivity contribution in [3.63, 3.8) is 0 Å². The maximum atomic E-state index is 12.8. The Balaban J connectivity index is 1.75. The van der Waals surface area contributed by atoms with Crippen LogP contribution < -0.4 is 26.2 Å². The van der Waals surface area contributed by atoms with E-state index in [1.807, 2.05) is 31.1 Å². The largest absolute Gasteiger partial charge is 0.497 e. The number of likely N-dealkylation sites (N-methyl/N-ethyl adjacent to an activating group) is 1. The smallest absolute Gasteiger partial charge is 0.350 e. The Labute approximate surface area is 213 Å². The van der Waals surface area contributed by atoms with Crippen LogP contribution in [0.5, 0.6) is 11.5 Å². The van der Waals surface area contributed by atoms with Crippen molar-refractivity contribution < 1.29 is 9.47 Å². The molecule has 0 aliphatic heterocycles. The van der Waals surface area contributed by atoms with E-state index in [2.05, 4.69) is 25.4 Å². The normalized spacial score (nSPS) is 11.8. The van der Waals surface area contributed by atoms with Gasteiger partial charge in [0.25, 0.3) is 5.95 Å². The number of benzene rings is 2. The first kappa shape index (κ1) is 25.4. The number of H-pyrrole nitrogens is 1. The monoisotopic (exact) mass is 503 g/mol. The Kier molecular flexibility index (Phi) is 7.79. The Bertz CT molecular complexity index is 1400. The first-order chi connectivity index (χ1) is 17.8. The third-order valence-electron chi connectivity index (χ3n) is 5.44. The standard InChI is InChI=1S/C25H29N9O3/c1-33(2)11-12-37-20-14-17(13-19(15-20)36-3)21(30-18-7-5-16(6-8-18)22(26)27)23-31-25(35)34(32-23)24-28-9-4-10-29-24/h4-10,13-15,21,30H,11-12H2,1-3H3,(H3,26,27)(H,31,32,35)/t21-/m0/s1. The summed E-state index contributed by atoms with van der Waals surface area (Å²) in [4.78, 5) is 25.9. The molecule has 0 fully saturated rings. The summed E-state index contributed by atoms with van der Waals surface area (Å²) in [6, 6.07) is 13.6. The highest BCUT2D eigenvalue weighted by molar-refractivity contribution is 5.95. The second-order valence-corrected chi connectivity index (χ2v) is 8.44. The lowest BCUT2D eigenvalue weighted by molar-refractivity contribution is 0.260. The number of amidine groups is 1. The summed E-state index contributed by atoms with van der Waals surface area (Å²) in [7, 11) is 5.52. The number of nitrogens with zero attached hydrogens (tertiary/aromatic N) is 5. The van der Waals surface area contributed by atoms with Gasteiger partial charge in [-0.1, -0.05) is 0 Å². The Morgan fingerprint density at radius 2 is 1.86 bits per heavy atom. The number of nitrogens with one attached hydrogen (secondary N) is 3. The predicted molar refractivity (Wildman–Crippen MR) is 140 cm³/mol. The van der Waals surface area contributed by atoms with Gasteiger partial charge in [-0.15, -0.1) is 9.78 Å². The molecule has 37 heavy (non-hydrogen) atoms. The molecule has 4 rings (SSSR count). The first-order valence-electron chi connectivity index (χ1n) is 11.5. The van der Waals surface area contributed by atoms with E-state index < -0.39 is 11.7 Å². The molecule has 4 aromatic rings. The first-order valence-corrected chi connectivity index (χ1v) is 11.5. The van der Waals surface area contributed by atoms with E-state index in [1.54, 1.807) is 43.5 Å². The summed E-state index contributed by atoms with van der Waals surface area (Å²) >= 11 is 0. The molecule has 5 N–H and O–H groups in total. The van der Waals surface area contributed by atoms with E-state index in [0.717, 1.165) is 22.5 Å². The van der Waals surface area contributed by atoms with Crippen LogP contribution in [0.25, 0.3) is 5.95 Å². The fourth-order valence-corrected chi connectivity index (χ4v) is 3.54. The molecule has 2 aromatic heterocycles. The number of nitrogen functional groups attached to an aromatic ring is 1. The van der Waals surface area contributed by atoms with E-state index in [4.69, 9.17) is 20.6 Å². The van der Waals surface area contributed by atoms with Crippen molar-refractivity contribution in [1.29, 1.82) is 5.41 Å². The highest BCUT2D eigenvalue weighted by Crippen LogP contribution is 2.31. The van der Waals surface area contributed by atoms with Gasteiger partial charge in [0.05, 0.1) is 7.11 Å².